The summed E-state index contributed by atoms with van der Waals surface area (Å²) in [5.74, 6) is 1.48. The Labute approximate surface area is 151 Å². The number of aryl methyl sites for hydroxylation is 1. The zero-order valence-corrected chi connectivity index (χ0v) is 14.5. The molecule has 1 unspecified atom stereocenters. The summed E-state index contributed by atoms with van der Waals surface area (Å²) in [6.07, 6.45) is 3.94. The topological polar surface area (TPSA) is 55.6 Å². The molecule has 0 bridgehead atoms. The molecule has 1 atom stereocenters. The fourth-order valence-corrected chi connectivity index (χ4v) is 3.10. The van der Waals surface area contributed by atoms with Crippen LogP contribution in [0.2, 0.25) is 0 Å². The normalized spacial score (nSPS) is 15.9. The molecule has 4 rings (SSSR count). The van der Waals surface area contributed by atoms with Crippen molar-refractivity contribution in [3.63, 3.8) is 0 Å². The SMILES string of the molecule is Cc1onc(N2C=COC2c2ccc(-c3ccccc3)c(C=O)c2)c1C. The van der Waals surface area contributed by atoms with Crippen molar-refractivity contribution in [3.8, 4) is 11.1 Å². The number of rotatable bonds is 4. The van der Waals surface area contributed by atoms with Crippen molar-refractivity contribution in [1.82, 2.24) is 5.16 Å². The van der Waals surface area contributed by atoms with E-state index in [0.29, 0.717) is 11.4 Å². The van der Waals surface area contributed by atoms with Gasteiger partial charge in [-0.15, -0.1) is 0 Å². The van der Waals surface area contributed by atoms with E-state index in [4.69, 9.17) is 9.26 Å². The summed E-state index contributed by atoms with van der Waals surface area (Å²) in [6, 6.07) is 15.6. The number of aromatic nitrogens is 1. The summed E-state index contributed by atoms with van der Waals surface area (Å²) >= 11 is 0. The Kier molecular flexibility index (Phi) is 4.05. The molecular weight excluding hydrogens is 328 g/mol. The highest BCUT2D eigenvalue weighted by atomic mass is 16.5. The maximum Gasteiger partial charge on any atom is 0.203 e. The van der Waals surface area contributed by atoms with Gasteiger partial charge in [0.1, 0.15) is 12.0 Å². The van der Waals surface area contributed by atoms with Gasteiger partial charge in [0.2, 0.25) is 6.23 Å². The average molecular weight is 346 g/mol. The second-order valence-corrected chi connectivity index (χ2v) is 6.20. The molecule has 0 spiro atoms. The highest BCUT2D eigenvalue weighted by Gasteiger charge is 2.29. The van der Waals surface area contributed by atoms with E-state index in [2.05, 4.69) is 5.16 Å². The lowest BCUT2D eigenvalue weighted by molar-refractivity contribution is 0.112. The van der Waals surface area contributed by atoms with Crippen molar-refractivity contribution in [3.05, 3.63) is 83.4 Å². The molecule has 5 heteroatoms. The number of hydrogen-bond acceptors (Lipinski definition) is 5. The molecule has 2 heterocycles. The Balaban J connectivity index is 1.72. The fraction of sp³-hybridized carbons (Fsp3) is 0.143. The van der Waals surface area contributed by atoms with Crippen LogP contribution in [0.1, 0.15) is 33.5 Å². The molecule has 1 aromatic heterocycles. The van der Waals surface area contributed by atoms with E-state index in [-0.39, 0.29) is 6.23 Å². The maximum atomic E-state index is 11.7. The Hall–Kier alpha value is -3.34. The van der Waals surface area contributed by atoms with Gasteiger partial charge in [-0.1, -0.05) is 47.6 Å². The number of carbonyl (C=O) groups excluding carboxylic acids is 1. The molecule has 0 fully saturated rings. The third-order valence-corrected chi connectivity index (χ3v) is 4.63. The van der Waals surface area contributed by atoms with Crippen LogP contribution in [0.25, 0.3) is 11.1 Å². The van der Waals surface area contributed by atoms with Crippen molar-refractivity contribution in [2.45, 2.75) is 20.1 Å². The van der Waals surface area contributed by atoms with E-state index in [1.807, 2.05) is 73.5 Å². The number of carbonyl (C=O) groups is 1. The first kappa shape index (κ1) is 16.1. The van der Waals surface area contributed by atoms with Gasteiger partial charge in [-0.2, -0.15) is 0 Å². The van der Waals surface area contributed by atoms with Gasteiger partial charge < -0.3 is 9.26 Å². The fourth-order valence-electron chi connectivity index (χ4n) is 3.10. The molecule has 0 amide bonds. The van der Waals surface area contributed by atoms with Crippen LogP contribution in [0.15, 0.2) is 65.5 Å². The van der Waals surface area contributed by atoms with Crippen molar-refractivity contribution in [1.29, 1.82) is 0 Å². The first-order chi connectivity index (χ1) is 12.7. The molecule has 0 saturated heterocycles. The van der Waals surface area contributed by atoms with Crippen LogP contribution in [0.5, 0.6) is 0 Å². The van der Waals surface area contributed by atoms with Gasteiger partial charge in [-0.05, 0) is 31.0 Å². The van der Waals surface area contributed by atoms with Crippen LogP contribution in [-0.2, 0) is 4.74 Å². The first-order valence-electron chi connectivity index (χ1n) is 8.37. The lowest BCUT2D eigenvalue weighted by atomic mass is 9.97. The number of benzene rings is 2. The van der Waals surface area contributed by atoms with Crippen LogP contribution >= 0.6 is 0 Å². The number of aldehydes is 1. The molecule has 130 valence electrons. The van der Waals surface area contributed by atoms with Gasteiger partial charge in [0.15, 0.2) is 12.1 Å². The molecule has 2 aromatic carbocycles. The minimum absolute atomic E-state index is 0.387. The van der Waals surface area contributed by atoms with E-state index < -0.39 is 0 Å². The van der Waals surface area contributed by atoms with Gasteiger partial charge in [0, 0.05) is 22.9 Å². The van der Waals surface area contributed by atoms with Gasteiger partial charge in [-0.3, -0.25) is 9.69 Å². The summed E-state index contributed by atoms with van der Waals surface area (Å²) < 4.78 is 11.0. The minimum Gasteiger partial charge on any atom is -0.472 e. The zero-order chi connectivity index (χ0) is 18.1. The molecular formula is C21H18N2O3. The van der Waals surface area contributed by atoms with E-state index in [1.165, 1.54) is 0 Å². The summed E-state index contributed by atoms with van der Waals surface area (Å²) in [4.78, 5) is 13.6. The first-order valence-corrected chi connectivity index (χ1v) is 8.37. The molecule has 1 aliphatic heterocycles. The molecule has 26 heavy (non-hydrogen) atoms. The van der Waals surface area contributed by atoms with Gasteiger partial charge in [-0.25, -0.2) is 0 Å². The number of ether oxygens (including phenoxy) is 1. The monoisotopic (exact) mass is 346 g/mol. The number of hydrogen-bond donors (Lipinski definition) is 0. The highest BCUT2D eigenvalue weighted by Crippen LogP contribution is 2.36. The molecule has 0 aliphatic carbocycles. The predicted octanol–water partition coefficient (Wildman–Crippen LogP) is 4.78. The maximum absolute atomic E-state index is 11.7. The summed E-state index contributed by atoms with van der Waals surface area (Å²) in [7, 11) is 0. The largest absolute Gasteiger partial charge is 0.472 e. The second-order valence-electron chi connectivity index (χ2n) is 6.20. The third kappa shape index (κ3) is 2.67. The zero-order valence-electron chi connectivity index (χ0n) is 14.5. The van der Waals surface area contributed by atoms with Crippen LogP contribution in [-0.4, -0.2) is 11.4 Å². The van der Waals surface area contributed by atoms with E-state index in [0.717, 1.165) is 34.3 Å². The van der Waals surface area contributed by atoms with Crippen molar-refractivity contribution in [2.75, 3.05) is 4.90 Å². The average Bonchev–Trinajstić information content (AvgIpc) is 3.29. The summed E-state index contributed by atoms with van der Waals surface area (Å²) in [5, 5.41) is 4.13. The molecule has 1 aliphatic rings. The Morgan fingerprint density at radius 2 is 1.92 bits per heavy atom. The number of anilines is 1. The van der Waals surface area contributed by atoms with E-state index in [1.54, 1.807) is 6.26 Å². The quantitative estimate of drug-likeness (QED) is 0.637. The lowest BCUT2D eigenvalue weighted by Crippen LogP contribution is -2.21. The lowest BCUT2D eigenvalue weighted by Gasteiger charge is -2.23. The van der Waals surface area contributed by atoms with Crippen LogP contribution in [0.3, 0.4) is 0 Å². The van der Waals surface area contributed by atoms with Gasteiger partial charge in [0.25, 0.3) is 0 Å². The van der Waals surface area contributed by atoms with Crippen LogP contribution in [0, 0.1) is 13.8 Å². The highest BCUT2D eigenvalue weighted by molar-refractivity contribution is 5.88. The van der Waals surface area contributed by atoms with Crippen LogP contribution in [0.4, 0.5) is 5.82 Å². The van der Waals surface area contributed by atoms with Crippen molar-refractivity contribution >= 4 is 12.1 Å². The van der Waals surface area contributed by atoms with Gasteiger partial charge in [0.05, 0.1) is 0 Å². The Morgan fingerprint density at radius 1 is 1.12 bits per heavy atom. The smallest absolute Gasteiger partial charge is 0.203 e. The Morgan fingerprint density at radius 3 is 2.62 bits per heavy atom. The second kappa shape index (κ2) is 6.52. The molecule has 5 nitrogen and oxygen atoms in total. The van der Waals surface area contributed by atoms with Gasteiger partial charge >= 0.3 is 0 Å². The molecule has 0 radical (unpaired) electrons. The third-order valence-electron chi connectivity index (χ3n) is 4.63. The Bertz CT molecular complexity index is 976. The standard InChI is InChI=1S/C21H18N2O3/c1-14-15(2)26-22-20(14)23-10-11-25-21(23)17-8-9-19(18(12-17)13-24)16-6-4-3-5-7-16/h3-13,21H,1-2H3. The minimum atomic E-state index is -0.387. The summed E-state index contributed by atoms with van der Waals surface area (Å²) in [6.45, 7) is 3.83. The van der Waals surface area contributed by atoms with E-state index in [9.17, 15) is 4.79 Å². The van der Waals surface area contributed by atoms with Crippen LogP contribution < -0.4 is 4.90 Å². The molecule has 0 saturated carbocycles. The molecule has 3 aromatic rings. The molecule has 0 N–H and O–H groups in total. The van der Waals surface area contributed by atoms with Crippen molar-refractivity contribution < 1.29 is 14.1 Å². The predicted molar refractivity (Wildman–Crippen MR) is 98.7 cm³/mol. The number of nitrogens with zero attached hydrogens (tertiary/aromatic N) is 2. The van der Waals surface area contributed by atoms with E-state index >= 15 is 0 Å². The summed E-state index contributed by atoms with van der Waals surface area (Å²) in [5.41, 5.74) is 4.36. The van der Waals surface area contributed by atoms with Crippen molar-refractivity contribution in [2.24, 2.45) is 0 Å².